The summed E-state index contributed by atoms with van der Waals surface area (Å²) in [4.78, 5) is 34.9. The van der Waals surface area contributed by atoms with Crippen molar-refractivity contribution in [1.82, 2.24) is 14.8 Å². The lowest BCUT2D eigenvalue weighted by Gasteiger charge is -2.29. The quantitative estimate of drug-likeness (QED) is 0.852. The fourth-order valence-electron chi connectivity index (χ4n) is 3.27. The molecule has 0 aromatic carbocycles. The maximum absolute atomic E-state index is 12.9. The zero-order chi connectivity index (χ0) is 16.2. The summed E-state index contributed by atoms with van der Waals surface area (Å²) in [6, 6.07) is 3.66. The minimum atomic E-state index is -0.0231. The SMILES string of the molecule is CCC(=O)N1CCN(C(=O)c2cccnc2N2CCCCC2)C1. The molecule has 3 heterocycles. The molecule has 1 aromatic rings. The normalized spacial score (nSPS) is 18.4. The molecule has 0 aliphatic carbocycles. The number of pyridine rings is 1. The number of amides is 2. The van der Waals surface area contributed by atoms with Crippen LogP contribution in [0.15, 0.2) is 18.3 Å². The van der Waals surface area contributed by atoms with Crippen molar-refractivity contribution in [3.8, 4) is 0 Å². The van der Waals surface area contributed by atoms with Gasteiger partial charge in [-0.05, 0) is 31.4 Å². The molecule has 1 aromatic heterocycles. The van der Waals surface area contributed by atoms with E-state index in [2.05, 4.69) is 9.88 Å². The second-order valence-corrected chi connectivity index (χ2v) is 6.14. The molecular formula is C17H24N4O2. The number of nitrogens with zero attached hydrogens (tertiary/aromatic N) is 4. The van der Waals surface area contributed by atoms with Crippen LogP contribution in [-0.2, 0) is 4.79 Å². The van der Waals surface area contributed by atoms with E-state index in [9.17, 15) is 9.59 Å². The smallest absolute Gasteiger partial charge is 0.259 e. The first-order valence-electron chi connectivity index (χ1n) is 8.47. The summed E-state index contributed by atoms with van der Waals surface area (Å²) in [7, 11) is 0. The first kappa shape index (κ1) is 15.8. The van der Waals surface area contributed by atoms with Crippen molar-refractivity contribution in [1.29, 1.82) is 0 Å². The number of aromatic nitrogens is 1. The van der Waals surface area contributed by atoms with Gasteiger partial charge in [0.2, 0.25) is 5.91 Å². The molecule has 2 saturated heterocycles. The van der Waals surface area contributed by atoms with Crippen LogP contribution in [-0.4, -0.2) is 59.4 Å². The second-order valence-electron chi connectivity index (χ2n) is 6.14. The van der Waals surface area contributed by atoms with E-state index in [0.717, 1.165) is 31.7 Å². The zero-order valence-electron chi connectivity index (χ0n) is 13.7. The largest absolute Gasteiger partial charge is 0.356 e. The van der Waals surface area contributed by atoms with Gasteiger partial charge in [-0.1, -0.05) is 6.92 Å². The van der Waals surface area contributed by atoms with Crippen LogP contribution in [0.4, 0.5) is 5.82 Å². The first-order chi connectivity index (χ1) is 11.2. The highest BCUT2D eigenvalue weighted by Gasteiger charge is 2.29. The van der Waals surface area contributed by atoms with Crippen LogP contribution >= 0.6 is 0 Å². The van der Waals surface area contributed by atoms with Crippen LogP contribution in [0.3, 0.4) is 0 Å². The van der Waals surface area contributed by atoms with E-state index >= 15 is 0 Å². The summed E-state index contributed by atoms with van der Waals surface area (Å²) >= 11 is 0. The van der Waals surface area contributed by atoms with Crippen molar-refractivity contribution in [3.63, 3.8) is 0 Å². The molecule has 0 atom stereocenters. The maximum atomic E-state index is 12.9. The molecule has 124 valence electrons. The van der Waals surface area contributed by atoms with E-state index in [1.807, 2.05) is 19.1 Å². The maximum Gasteiger partial charge on any atom is 0.259 e. The highest BCUT2D eigenvalue weighted by Crippen LogP contribution is 2.23. The minimum absolute atomic E-state index is 0.0231. The van der Waals surface area contributed by atoms with Crippen LogP contribution in [0, 0.1) is 0 Å². The Hall–Kier alpha value is -2.11. The monoisotopic (exact) mass is 316 g/mol. The van der Waals surface area contributed by atoms with Gasteiger partial charge < -0.3 is 14.7 Å². The molecule has 6 nitrogen and oxygen atoms in total. The van der Waals surface area contributed by atoms with Gasteiger partial charge in [0, 0.05) is 38.8 Å². The van der Waals surface area contributed by atoms with E-state index < -0.39 is 0 Å². The summed E-state index contributed by atoms with van der Waals surface area (Å²) in [6.07, 6.45) is 5.76. The molecule has 3 rings (SSSR count). The molecule has 23 heavy (non-hydrogen) atoms. The number of carbonyl (C=O) groups excluding carboxylic acids is 2. The van der Waals surface area contributed by atoms with E-state index in [1.165, 1.54) is 6.42 Å². The third kappa shape index (κ3) is 3.30. The van der Waals surface area contributed by atoms with Gasteiger partial charge in [0.15, 0.2) is 0 Å². The third-order valence-corrected chi connectivity index (χ3v) is 4.60. The van der Waals surface area contributed by atoms with Gasteiger partial charge in [0.1, 0.15) is 5.82 Å². The van der Waals surface area contributed by atoms with Crippen LogP contribution in [0.2, 0.25) is 0 Å². The highest BCUT2D eigenvalue weighted by molar-refractivity contribution is 5.99. The number of rotatable bonds is 3. The number of hydrogen-bond donors (Lipinski definition) is 0. The van der Waals surface area contributed by atoms with Gasteiger partial charge in [-0.15, -0.1) is 0 Å². The lowest BCUT2D eigenvalue weighted by molar-refractivity contribution is -0.130. The Morgan fingerprint density at radius 2 is 1.83 bits per heavy atom. The molecule has 6 heteroatoms. The van der Waals surface area contributed by atoms with Crippen LogP contribution < -0.4 is 4.90 Å². The van der Waals surface area contributed by atoms with Crippen molar-refractivity contribution in [2.24, 2.45) is 0 Å². The Morgan fingerprint density at radius 3 is 2.57 bits per heavy atom. The van der Waals surface area contributed by atoms with Crippen LogP contribution in [0.1, 0.15) is 43.0 Å². The highest BCUT2D eigenvalue weighted by atomic mass is 16.2. The molecule has 2 amide bonds. The molecule has 0 N–H and O–H groups in total. The second kappa shape index (κ2) is 6.98. The number of hydrogen-bond acceptors (Lipinski definition) is 4. The number of carbonyl (C=O) groups is 2. The fraction of sp³-hybridized carbons (Fsp3) is 0.588. The van der Waals surface area contributed by atoms with Crippen molar-refractivity contribution in [2.45, 2.75) is 32.6 Å². The van der Waals surface area contributed by atoms with Gasteiger partial charge in [0.25, 0.3) is 5.91 Å². The molecule has 0 bridgehead atoms. The third-order valence-electron chi connectivity index (χ3n) is 4.60. The van der Waals surface area contributed by atoms with Crippen LogP contribution in [0.25, 0.3) is 0 Å². The van der Waals surface area contributed by atoms with Gasteiger partial charge >= 0.3 is 0 Å². The Kier molecular flexibility index (Phi) is 4.79. The van der Waals surface area contributed by atoms with Gasteiger partial charge in [-0.25, -0.2) is 4.98 Å². The molecule has 2 aliphatic heterocycles. The summed E-state index contributed by atoms with van der Waals surface area (Å²) in [6.45, 7) is 5.37. The predicted molar refractivity (Wildman–Crippen MR) is 88.2 cm³/mol. The average molecular weight is 316 g/mol. The lowest BCUT2D eigenvalue weighted by atomic mass is 10.1. The van der Waals surface area contributed by atoms with Crippen molar-refractivity contribution in [3.05, 3.63) is 23.9 Å². The van der Waals surface area contributed by atoms with E-state index in [0.29, 0.717) is 31.7 Å². The summed E-state index contributed by atoms with van der Waals surface area (Å²) in [5.41, 5.74) is 0.653. The molecule has 2 aliphatic rings. The Balaban J connectivity index is 1.76. The molecule has 2 fully saturated rings. The Morgan fingerprint density at radius 1 is 1.09 bits per heavy atom. The molecule has 0 spiro atoms. The Bertz CT molecular complexity index is 584. The first-order valence-corrected chi connectivity index (χ1v) is 8.47. The van der Waals surface area contributed by atoms with Crippen molar-refractivity contribution < 1.29 is 9.59 Å². The minimum Gasteiger partial charge on any atom is -0.356 e. The standard InChI is InChI=1S/C17H24N4O2/c1-2-15(22)20-11-12-21(13-20)17(23)14-7-6-8-18-16(14)19-9-4-3-5-10-19/h6-8H,2-5,9-13H2,1H3. The number of piperidine rings is 1. The molecule has 0 radical (unpaired) electrons. The van der Waals surface area contributed by atoms with E-state index in [4.69, 9.17) is 0 Å². The molecule has 0 saturated carbocycles. The van der Waals surface area contributed by atoms with E-state index in [-0.39, 0.29) is 11.8 Å². The Labute approximate surface area is 137 Å². The lowest BCUT2D eigenvalue weighted by Crippen LogP contribution is -2.36. The van der Waals surface area contributed by atoms with Crippen LogP contribution in [0.5, 0.6) is 0 Å². The topological polar surface area (TPSA) is 56.8 Å². The summed E-state index contributed by atoms with van der Waals surface area (Å²) in [5.74, 6) is 0.866. The van der Waals surface area contributed by atoms with E-state index in [1.54, 1.807) is 16.0 Å². The van der Waals surface area contributed by atoms with Gasteiger partial charge in [-0.2, -0.15) is 0 Å². The molecule has 0 unspecified atom stereocenters. The van der Waals surface area contributed by atoms with Crippen molar-refractivity contribution in [2.75, 3.05) is 37.7 Å². The summed E-state index contributed by atoms with van der Waals surface area (Å²) in [5, 5.41) is 0. The average Bonchev–Trinajstić information content (AvgIpc) is 3.11. The fourth-order valence-corrected chi connectivity index (χ4v) is 3.27. The summed E-state index contributed by atoms with van der Waals surface area (Å²) < 4.78 is 0. The number of anilines is 1. The zero-order valence-corrected chi connectivity index (χ0v) is 13.7. The van der Waals surface area contributed by atoms with Gasteiger partial charge in [0.05, 0.1) is 12.2 Å². The van der Waals surface area contributed by atoms with Crippen molar-refractivity contribution >= 4 is 17.6 Å². The van der Waals surface area contributed by atoms with Gasteiger partial charge in [-0.3, -0.25) is 9.59 Å². The molecular weight excluding hydrogens is 292 g/mol. The predicted octanol–water partition coefficient (Wildman–Crippen LogP) is 1.72.